The van der Waals surface area contributed by atoms with E-state index in [0.717, 1.165) is 18.1 Å². The SMILES string of the molecule is NC(CO)C1CSCCN1. The second kappa shape index (κ2) is 4.18. The van der Waals surface area contributed by atoms with Gasteiger partial charge in [-0.25, -0.2) is 0 Å². The van der Waals surface area contributed by atoms with Crippen LogP contribution in [0.1, 0.15) is 0 Å². The third kappa shape index (κ3) is 2.12. The Morgan fingerprint density at radius 2 is 2.60 bits per heavy atom. The van der Waals surface area contributed by atoms with Crippen LogP contribution in [0.3, 0.4) is 0 Å². The van der Waals surface area contributed by atoms with Crippen LogP contribution in [0, 0.1) is 0 Å². The molecule has 0 aliphatic carbocycles. The van der Waals surface area contributed by atoms with Crippen LogP contribution in [-0.4, -0.2) is 41.8 Å². The maximum atomic E-state index is 8.71. The molecule has 0 aromatic carbocycles. The van der Waals surface area contributed by atoms with Gasteiger partial charge in [-0.15, -0.1) is 0 Å². The zero-order chi connectivity index (χ0) is 7.40. The summed E-state index contributed by atoms with van der Waals surface area (Å²) in [4.78, 5) is 0. The Kier molecular flexibility index (Phi) is 3.48. The van der Waals surface area contributed by atoms with E-state index in [2.05, 4.69) is 5.32 Å². The van der Waals surface area contributed by atoms with Gasteiger partial charge >= 0.3 is 0 Å². The summed E-state index contributed by atoms with van der Waals surface area (Å²) in [6.07, 6.45) is 0. The Morgan fingerprint density at radius 1 is 1.80 bits per heavy atom. The smallest absolute Gasteiger partial charge is 0.0598 e. The van der Waals surface area contributed by atoms with Gasteiger partial charge in [-0.3, -0.25) is 0 Å². The van der Waals surface area contributed by atoms with Crippen LogP contribution >= 0.6 is 11.8 Å². The molecule has 2 atom stereocenters. The van der Waals surface area contributed by atoms with E-state index in [1.807, 2.05) is 11.8 Å². The lowest BCUT2D eigenvalue weighted by Gasteiger charge is -2.27. The molecule has 60 valence electrons. The normalized spacial score (nSPS) is 30.0. The summed E-state index contributed by atoms with van der Waals surface area (Å²) < 4.78 is 0. The van der Waals surface area contributed by atoms with Crippen molar-refractivity contribution in [2.75, 3.05) is 24.7 Å². The lowest BCUT2D eigenvalue weighted by molar-refractivity contribution is 0.242. The van der Waals surface area contributed by atoms with Crippen LogP contribution in [0.5, 0.6) is 0 Å². The van der Waals surface area contributed by atoms with Crippen LogP contribution in [-0.2, 0) is 0 Å². The molecule has 1 aliphatic rings. The summed E-state index contributed by atoms with van der Waals surface area (Å²) >= 11 is 1.89. The fourth-order valence-electron chi connectivity index (χ4n) is 0.988. The van der Waals surface area contributed by atoms with Crippen molar-refractivity contribution in [1.29, 1.82) is 0 Å². The number of hydrogen-bond donors (Lipinski definition) is 3. The minimum absolute atomic E-state index is 0.0816. The first kappa shape index (κ1) is 8.33. The maximum absolute atomic E-state index is 8.71. The van der Waals surface area contributed by atoms with Crippen LogP contribution in [0.15, 0.2) is 0 Å². The van der Waals surface area contributed by atoms with Gasteiger partial charge in [0.25, 0.3) is 0 Å². The average Bonchev–Trinajstić information content (AvgIpc) is 2.05. The standard InChI is InChI=1S/C6H14N2OS/c7-5(3-9)6-4-10-2-1-8-6/h5-6,8-9H,1-4,7H2. The monoisotopic (exact) mass is 162 g/mol. The third-order valence-corrected chi connectivity index (χ3v) is 2.77. The van der Waals surface area contributed by atoms with Gasteiger partial charge < -0.3 is 16.2 Å². The van der Waals surface area contributed by atoms with Gasteiger partial charge in [0.15, 0.2) is 0 Å². The molecule has 0 spiro atoms. The number of rotatable bonds is 2. The maximum Gasteiger partial charge on any atom is 0.0598 e. The van der Waals surface area contributed by atoms with Crippen LogP contribution < -0.4 is 11.1 Å². The van der Waals surface area contributed by atoms with Crippen molar-refractivity contribution in [3.8, 4) is 0 Å². The zero-order valence-electron chi connectivity index (χ0n) is 5.92. The van der Waals surface area contributed by atoms with Gasteiger partial charge in [0.2, 0.25) is 0 Å². The molecule has 1 fully saturated rings. The summed E-state index contributed by atoms with van der Waals surface area (Å²) in [5, 5.41) is 12.0. The van der Waals surface area contributed by atoms with Crippen molar-refractivity contribution < 1.29 is 5.11 Å². The van der Waals surface area contributed by atoms with Gasteiger partial charge in [-0.05, 0) is 0 Å². The van der Waals surface area contributed by atoms with E-state index >= 15 is 0 Å². The van der Waals surface area contributed by atoms with E-state index in [1.165, 1.54) is 0 Å². The lowest BCUT2D eigenvalue weighted by atomic mass is 10.1. The molecular weight excluding hydrogens is 148 g/mol. The van der Waals surface area contributed by atoms with E-state index < -0.39 is 0 Å². The Bertz CT molecular complexity index is 95.7. The summed E-state index contributed by atoms with van der Waals surface area (Å²) in [6, 6.07) is 0.219. The molecule has 0 saturated carbocycles. The first-order valence-electron chi connectivity index (χ1n) is 3.52. The number of hydrogen-bond acceptors (Lipinski definition) is 4. The molecule has 4 heteroatoms. The van der Waals surface area contributed by atoms with E-state index in [1.54, 1.807) is 0 Å². The second-order valence-electron chi connectivity index (χ2n) is 2.48. The molecule has 1 rings (SSSR count). The lowest BCUT2D eigenvalue weighted by Crippen LogP contribution is -2.51. The zero-order valence-corrected chi connectivity index (χ0v) is 6.73. The number of thioether (sulfide) groups is 1. The van der Waals surface area contributed by atoms with E-state index in [0.29, 0.717) is 6.04 Å². The predicted octanol–water partition coefficient (Wildman–Crippen LogP) is -0.989. The topological polar surface area (TPSA) is 58.3 Å². The quantitative estimate of drug-likeness (QED) is 0.488. The first-order valence-corrected chi connectivity index (χ1v) is 4.67. The Morgan fingerprint density at radius 3 is 3.10 bits per heavy atom. The molecule has 1 heterocycles. The molecule has 2 unspecified atom stereocenters. The molecule has 0 bridgehead atoms. The Hall–Kier alpha value is 0.230. The highest BCUT2D eigenvalue weighted by Gasteiger charge is 2.18. The molecule has 0 radical (unpaired) electrons. The highest BCUT2D eigenvalue weighted by Crippen LogP contribution is 2.08. The average molecular weight is 162 g/mol. The third-order valence-electron chi connectivity index (χ3n) is 1.68. The number of nitrogens with one attached hydrogen (secondary N) is 1. The van der Waals surface area contributed by atoms with Crippen molar-refractivity contribution in [2.24, 2.45) is 5.73 Å². The van der Waals surface area contributed by atoms with Crippen LogP contribution in [0.2, 0.25) is 0 Å². The van der Waals surface area contributed by atoms with Gasteiger partial charge in [0.1, 0.15) is 0 Å². The molecule has 0 aromatic heterocycles. The number of aliphatic hydroxyl groups is 1. The molecule has 1 saturated heterocycles. The first-order chi connectivity index (χ1) is 4.84. The minimum Gasteiger partial charge on any atom is -0.395 e. The number of aliphatic hydroxyl groups excluding tert-OH is 1. The molecule has 4 N–H and O–H groups in total. The van der Waals surface area contributed by atoms with Crippen molar-refractivity contribution in [3.63, 3.8) is 0 Å². The van der Waals surface area contributed by atoms with Gasteiger partial charge in [-0.2, -0.15) is 11.8 Å². The highest BCUT2D eigenvalue weighted by molar-refractivity contribution is 7.99. The molecule has 0 amide bonds. The van der Waals surface area contributed by atoms with E-state index in [9.17, 15) is 0 Å². The molecule has 1 aliphatic heterocycles. The van der Waals surface area contributed by atoms with Crippen molar-refractivity contribution in [2.45, 2.75) is 12.1 Å². The van der Waals surface area contributed by atoms with E-state index in [4.69, 9.17) is 10.8 Å². The van der Waals surface area contributed by atoms with Crippen molar-refractivity contribution >= 4 is 11.8 Å². The highest BCUT2D eigenvalue weighted by atomic mass is 32.2. The van der Waals surface area contributed by atoms with Gasteiger partial charge in [0.05, 0.1) is 6.61 Å². The minimum atomic E-state index is -0.0900. The van der Waals surface area contributed by atoms with Crippen LogP contribution in [0.4, 0.5) is 0 Å². The number of nitrogens with two attached hydrogens (primary N) is 1. The van der Waals surface area contributed by atoms with E-state index in [-0.39, 0.29) is 12.6 Å². The van der Waals surface area contributed by atoms with Crippen molar-refractivity contribution in [1.82, 2.24) is 5.32 Å². The second-order valence-corrected chi connectivity index (χ2v) is 3.63. The fourth-order valence-corrected chi connectivity index (χ4v) is 2.04. The molecule has 0 aromatic rings. The predicted molar refractivity (Wildman–Crippen MR) is 44.2 cm³/mol. The summed E-state index contributed by atoms with van der Waals surface area (Å²) in [5.74, 6) is 2.19. The Balaban J connectivity index is 2.24. The fraction of sp³-hybridized carbons (Fsp3) is 1.00. The summed E-state index contributed by atoms with van der Waals surface area (Å²) in [5.41, 5.74) is 5.62. The Labute approximate surface area is 65.4 Å². The van der Waals surface area contributed by atoms with Gasteiger partial charge in [0, 0.05) is 30.1 Å². The molecule has 3 nitrogen and oxygen atoms in total. The van der Waals surface area contributed by atoms with Gasteiger partial charge in [-0.1, -0.05) is 0 Å². The summed E-state index contributed by atoms with van der Waals surface area (Å²) in [7, 11) is 0. The molecular formula is C6H14N2OS. The van der Waals surface area contributed by atoms with Crippen LogP contribution in [0.25, 0.3) is 0 Å². The molecule has 10 heavy (non-hydrogen) atoms. The largest absolute Gasteiger partial charge is 0.395 e. The summed E-state index contributed by atoms with van der Waals surface area (Å²) in [6.45, 7) is 1.10. The van der Waals surface area contributed by atoms with Crippen molar-refractivity contribution in [3.05, 3.63) is 0 Å².